The highest BCUT2D eigenvalue weighted by Gasteiger charge is 2.60. The van der Waals surface area contributed by atoms with E-state index >= 15 is 0 Å². The summed E-state index contributed by atoms with van der Waals surface area (Å²) in [5.74, 6) is 2.24. The summed E-state index contributed by atoms with van der Waals surface area (Å²) in [6.45, 7) is 6.42. The number of nitrogens with zero attached hydrogens (tertiary/aromatic N) is 1. The zero-order valence-electron chi connectivity index (χ0n) is 20.3. The Morgan fingerprint density at radius 2 is 1.66 bits per heavy atom. The molecule has 4 unspecified atom stereocenters. The molecule has 3 aliphatic carbocycles. The Bertz CT molecular complexity index is 693. The van der Waals surface area contributed by atoms with Gasteiger partial charge in [-0.25, -0.2) is 0 Å². The van der Waals surface area contributed by atoms with Gasteiger partial charge in [-0.3, -0.25) is 4.79 Å². The van der Waals surface area contributed by atoms with Crippen molar-refractivity contribution in [3.8, 4) is 0 Å². The normalized spacial score (nSPS) is 49.8. The molecule has 0 bridgehead atoms. The largest absolute Gasteiger partial charge is 0.390 e. The maximum absolute atomic E-state index is 13.7. The van der Waals surface area contributed by atoms with Crippen LogP contribution in [0, 0.1) is 29.1 Å². The van der Waals surface area contributed by atoms with Gasteiger partial charge in [0, 0.05) is 18.7 Å². The molecular weight excluding hydrogens is 402 g/mol. The lowest BCUT2D eigenvalue weighted by Crippen LogP contribution is -2.65. The average Bonchev–Trinajstić information content (AvgIpc) is 2.78. The predicted octanol–water partition coefficient (Wildman–Crippen LogP) is 4.29. The highest BCUT2D eigenvalue weighted by atomic mass is 16.5. The summed E-state index contributed by atoms with van der Waals surface area (Å²) in [5, 5.41) is 21.2. The van der Waals surface area contributed by atoms with Gasteiger partial charge in [0.2, 0.25) is 0 Å². The maximum Gasteiger partial charge on any atom is 0.252 e. The van der Waals surface area contributed by atoms with Gasteiger partial charge in [0.15, 0.2) is 0 Å². The fourth-order valence-electron chi connectivity index (χ4n) is 9.01. The lowest BCUT2D eigenvalue weighted by atomic mass is 9.45. The van der Waals surface area contributed by atoms with Crippen molar-refractivity contribution in [1.29, 1.82) is 0 Å². The minimum absolute atomic E-state index is 0.0739. The molecule has 32 heavy (non-hydrogen) atoms. The van der Waals surface area contributed by atoms with Crippen LogP contribution in [-0.2, 0) is 9.53 Å². The highest BCUT2D eigenvalue weighted by Crippen LogP contribution is 2.63. The number of fused-ring (bicyclic) bond motifs is 5. The zero-order chi connectivity index (χ0) is 22.5. The minimum Gasteiger partial charge on any atom is -0.390 e. The summed E-state index contributed by atoms with van der Waals surface area (Å²) in [4.78, 5) is 16.0. The monoisotopic (exact) mass is 447 g/mol. The minimum atomic E-state index is -0.568. The quantitative estimate of drug-likeness (QED) is 0.629. The van der Waals surface area contributed by atoms with E-state index < -0.39 is 12.2 Å². The highest BCUT2D eigenvalue weighted by molar-refractivity contribution is 5.82. The first-order valence-corrected chi connectivity index (χ1v) is 13.7. The lowest BCUT2D eigenvalue weighted by Gasteiger charge is -2.64. The van der Waals surface area contributed by atoms with E-state index in [1.165, 1.54) is 19.3 Å². The van der Waals surface area contributed by atoms with Crippen LogP contribution in [0.25, 0.3) is 0 Å². The smallest absolute Gasteiger partial charge is 0.252 e. The van der Waals surface area contributed by atoms with Crippen molar-refractivity contribution in [3.05, 3.63) is 0 Å². The van der Waals surface area contributed by atoms with Gasteiger partial charge in [0.05, 0.1) is 12.2 Å². The van der Waals surface area contributed by atoms with Crippen molar-refractivity contribution in [3.63, 3.8) is 0 Å². The van der Waals surface area contributed by atoms with Crippen LogP contribution in [0.1, 0.15) is 97.3 Å². The Morgan fingerprint density at radius 1 is 0.844 bits per heavy atom. The predicted molar refractivity (Wildman–Crippen MR) is 124 cm³/mol. The molecule has 0 aromatic carbocycles. The third kappa shape index (κ3) is 3.65. The molecule has 5 nitrogen and oxygen atoms in total. The fourth-order valence-corrected chi connectivity index (χ4v) is 9.01. The Labute approximate surface area is 194 Å². The van der Waals surface area contributed by atoms with Crippen LogP contribution < -0.4 is 0 Å². The lowest BCUT2D eigenvalue weighted by molar-refractivity contribution is -0.187. The fraction of sp³-hybridized carbons (Fsp3) is 0.963. The first-order chi connectivity index (χ1) is 15.4. The first-order valence-electron chi connectivity index (χ1n) is 13.7. The summed E-state index contributed by atoms with van der Waals surface area (Å²) in [7, 11) is 0. The number of aliphatic hydroxyl groups excluding tert-OH is 2. The van der Waals surface area contributed by atoms with Gasteiger partial charge < -0.3 is 19.8 Å². The molecule has 3 saturated carbocycles. The van der Waals surface area contributed by atoms with Gasteiger partial charge in [-0.05, 0) is 107 Å². The van der Waals surface area contributed by atoms with Crippen LogP contribution in [0.2, 0.25) is 0 Å². The molecule has 1 amide bonds. The molecule has 2 saturated heterocycles. The van der Waals surface area contributed by atoms with E-state index in [0.29, 0.717) is 17.8 Å². The van der Waals surface area contributed by atoms with E-state index in [4.69, 9.17) is 4.74 Å². The number of rotatable bonds is 1. The van der Waals surface area contributed by atoms with Crippen LogP contribution >= 0.6 is 0 Å². The molecule has 0 spiro atoms. The molecule has 2 heterocycles. The van der Waals surface area contributed by atoms with Crippen LogP contribution in [0.4, 0.5) is 0 Å². The third-order valence-electron chi connectivity index (χ3n) is 10.8. The molecule has 5 heteroatoms. The summed E-state index contributed by atoms with van der Waals surface area (Å²) in [6.07, 6.45) is 12.6. The molecular formula is C27H45NO4. The molecule has 0 aromatic heterocycles. The maximum atomic E-state index is 13.7. The van der Waals surface area contributed by atoms with Gasteiger partial charge >= 0.3 is 0 Å². The van der Waals surface area contributed by atoms with Crippen LogP contribution in [0.15, 0.2) is 0 Å². The number of hydrogen-bond acceptors (Lipinski definition) is 4. The van der Waals surface area contributed by atoms with Crippen LogP contribution in [-0.4, -0.2) is 58.0 Å². The SMILES string of the molecule is C[C@]12CC[C@H](O)[C@H](O)C1CCC1C2CC[C@@]2(C)C1CCCCCN2C(=O)[C@H]1CCCCO1. The number of carbonyl (C=O) groups excluding carboxylic acids is 1. The summed E-state index contributed by atoms with van der Waals surface area (Å²) in [5.41, 5.74) is 0.0437. The Kier molecular flexibility index (Phi) is 6.39. The average molecular weight is 448 g/mol. The van der Waals surface area contributed by atoms with E-state index in [2.05, 4.69) is 18.7 Å². The van der Waals surface area contributed by atoms with Gasteiger partial charge in [-0.2, -0.15) is 0 Å². The zero-order valence-corrected chi connectivity index (χ0v) is 20.3. The van der Waals surface area contributed by atoms with Gasteiger partial charge in [0.25, 0.3) is 5.91 Å². The summed E-state index contributed by atoms with van der Waals surface area (Å²) in [6, 6.07) is 0. The van der Waals surface area contributed by atoms with E-state index in [9.17, 15) is 15.0 Å². The number of amides is 1. The van der Waals surface area contributed by atoms with Crippen LogP contribution in [0.3, 0.4) is 0 Å². The number of likely N-dealkylation sites (tertiary alicyclic amines) is 1. The second-order valence-electron chi connectivity index (χ2n) is 12.3. The number of hydrogen-bond donors (Lipinski definition) is 2. The van der Waals surface area contributed by atoms with Gasteiger partial charge in [-0.1, -0.05) is 19.8 Å². The number of ether oxygens (including phenoxy) is 1. The van der Waals surface area contributed by atoms with Gasteiger partial charge in [0.1, 0.15) is 6.10 Å². The van der Waals surface area contributed by atoms with Crippen molar-refractivity contribution in [2.45, 2.75) is 121 Å². The second-order valence-corrected chi connectivity index (χ2v) is 12.3. The van der Waals surface area contributed by atoms with Gasteiger partial charge in [-0.15, -0.1) is 0 Å². The van der Waals surface area contributed by atoms with E-state index in [1.807, 2.05) is 0 Å². The molecule has 0 radical (unpaired) electrons. The molecule has 5 rings (SSSR count). The molecule has 5 fully saturated rings. The second kappa shape index (κ2) is 8.85. The summed E-state index contributed by atoms with van der Waals surface area (Å²) < 4.78 is 5.96. The molecule has 2 aliphatic heterocycles. The molecule has 182 valence electrons. The van der Waals surface area contributed by atoms with Crippen molar-refractivity contribution < 1.29 is 19.7 Å². The Balaban J connectivity index is 1.43. The van der Waals surface area contributed by atoms with E-state index in [-0.39, 0.29) is 28.9 Å². The molecule has 9 atom stereocenters. The molecule has 5 aliphatic rings. The van der Waals surface area contributed by atoms with Crippen molar-refractivity contribution in [2.75, 3.05) is 13.2 Å². The van der Waals surface area contributed by atoms with Crippen molar-refractivity contribution in [2.24, 2.45) is 29.1 Å². The van der Waals surface area contributed by atoms with E-state index in [1.54, 1.807) is 0 Å². The van der Waals surface area contributed by atoms with Crippen LogP contribution in [0.5, 0.6) is 0 Å². The Morgan fingerprint density at radius 3 is 2.44 bits per heavy atom. The number of aliphatic hydroxyl groups is 2. The van der Waals surface area contributed by atoms with Crippen molar-refractivity contribution in [1.82, 2.24) is 4.90 Å². The topological polar surface area (TPSA) is 70.0 Å². The van der Waals surface area contributed by atoms with Crippen molar-refractivity contribution >= 4 is 5.91 Å². The summed E-state index contributed by atoms with van der Waals surface area (Å²) >= 11 is 0. The van der Waals surface area contributed by atoms with E-state index in [0.717, 1.165) is 77.4 Å². The first kappa shape index (κ1) is 23.1. The third-order valence-corrected chi connectivity index (χ3v) is 10.8. The molecule has 2 N–H and O–H groups in total. The molecule has 0 aromatic rings. The standard InChI is InChI=1S/C27H45NO4/c1-26-14-13-22(29)24(30)21(26)11-10-18-19(26)12-15-27(2)20(18)8-4-3-6-16-28(27)25(31)23-9-5-7-17-32-23/h18-24,29-30H,3-17H2,1-2H3/t18?,19?,20?,21?,22-,23+,24+,26+,27-/m0/s1. The Hall–Kier alpha value is -0.650. The number of carbonyl (C=O) groups is 1.